The van der Waals surface area contributed by atoms with E-state index >= 15 is 0 Å². The van der Waals surface area contributed by atoms with Crippen LogP contribution in [-0.2, 0) is 0 Å². The van der Waals surface area contributed by atoms with Crippen molar-refractivity contribution in [3.63, 3.8) is 0 Å². The average Bonchev–Trinajstić information content (AvgIpc) is 2.77. The number of hydrogen-bond acceptors (Lipinski definition) is 5. The third kappa shape index (κ3) is 2.84. The summed E-state index contributed by atoms with van der Waals surface area (Å²) in [5, 5.41) is 0. The molecule has 3 N–H and O–H groups in total. The fourth-order valence-corrected chi connectivity index (χ4v) is 3.04. The minimum atomic E-state index is -0.0751. The molecule has 6 heteroatoms. The van der Waals surface area contributed by atoms with Gasteiger partial charge in [-0.1, -0.05) is 0 Å². The number of aromatic nitrogens is 1. The highest BCUT2D eigenvalue weighted by Crippen LogP contribution is 2.31. The topological polar surface area (TPSA) is 60.2 Å². The summed E-state index contributed by atoms with van der Waals surface area (Å²) in [5.74, 6) is 6.33. The van der Waals surface area contributed by atoms with E-state index in [2.05, 4.69) is 26.3 Å². The van der Waals surface area contributed by atoms with Gasteiger partial charge in [-0.05, 0) is 39.7 Å². The van der Waals surface area contributed by atoms with Gasteiger partial charge < -0.3 is 4.74 Å². The van der Waals surface area contributed by atoms with Crippen molar-refractivity contribution in [2.45, 2.75) is 6.04 Å². The van der Waals surface area contributed by atoms with Gasteiger partial charge in [0.25, 0.3) is 0 Å². The number of halogens is 1. The lowest BCUT2D eigenvalue weighted by molar-refractivity contribution is 0.411. The third-order valence-corrected chi connectivity index (χ3v) is 4.04. The molecule has 0 aromatic carbocycles. The summed E-state index contributed by atoms with van der Waals surface area (Å²) in [6, 6.07) is 5.87. The molecule has 0 spiro atoms. The van der Waals surface area contributed by atoms with Gasteiger partial charge in [0.2, 0.25) is 0 Å². The number of thiophene rings is 1. The Morgan fingerprint density at radius 2 is 2.29 bits per heavy atom. The molecule has 2 aromatic rings. The summed E-state index contributed by atoms with van der Waals surface area (Å²) < 4.78 is 6.23. The summed E-state index contributed by atoms with van der Waals surface area (Å²) >= 11 is 5.07. The molecule has 0 aliphatic heterocycles. The van der Waals surface area contributed by atoms with Gasteiger partial charge in [0.15, 0.2) is 0 Å². The number of nitrogens with two attached hydrogens (primary N) is 1. The SMILES string of the molecule is COc1cncc(C(NN)c2ccc(Br)s2)c1. The maximum atomic E-state index is 5.61. The zero-order valence-electron chi connectivity index (χ0n) is 9.18. The Labute approximate surface area is 112 Å². The molecule has 17 heavy (non-hydrogen) atoms. The second-order valence-corrected chi connectivity index (χ2v) is 5.89. The van der Waals surface area contributed by atoms with Crippen LogP contribution in [0.5, 0.6) is 5.75 Å². The van der Waals surface area contributed by atoms with Crippen LogP contribution in [0.3, 0.4) is 0 Å². The molecule has 0 bridgehead atoms. The van der Waals surface area contributed by atoms with E-state index in [1.165, 1.54) is 0 Å². The molecule has 1 unspecified atom stereocenters. The molecule has 2 aromatic heterocycles. The lowest BCUT2D eigenvalue weighted by atomic mass is 10.1. The van der Waals surface area contributed by atoms with Crippen LogP contribution in [0.4, 0.5) is 0 Å². The Morgan fingerprint density at radius 1 is 1.47 bits per heavy atom. The van der Waals surface area contributed by atoms with Crippen LogP contribution in [0.25, 0.3) is 0 Å². The van der Waals surface area contributed by atoms with Gasteiger partial charge in [-0.2, -0.15) is 0 Å². The van der Waals surface area contributed by atoms with Gasteiger partial charge in [0.05, 0.1) is 23.1 Å². The molecule has 0 aliphatic rings. The number of pyridine rings is 1. The molecule has 0 amide bonds. The van der Waals surface area contributed by atoms with E-state index in [1.54, 1.807) is 30.8 Å². The molecule has 0 saturated heterocycles. The van der Waals surface area contributed by atoms with Crippen molar-refractivity contribution in [3.8, 4) is 5.75 Å². The summed E-state index contributed by atoms with van der Waals surface area (Å²) in [4.78, 5) is 5.25. The third-order valence-electron chi connectivity index (χ3n) is 2.35. The van der Waals surface area contributed by atoms with Crippen LogP contribution < -0.4 is 16.0 Å². The first-order valence-corrected chi connectivity index (χ1v) is 6.56. The zero-order chi connectivity index (χ0) is 12.3. The number of hydrazine groups is 1. The average molecular weight is 314 g/mol. The second kappa shape index (κ2) is 5.59. The van der Waals surface area contributed by atoms with Gasteiger partial charge in [0.1, 0.15) is 5.75 Å². The van der Waals surface area contributed by atoms with Crippen molar-refractivity contribution in [1.29, 1.82) is 0 Å². The van der Waals surface area contributed by atoms with Crippen LogP contribution in [0.2, 0.25) is 0 Å². The van der Waals surface area contributed by atoms with Crippen molar-refractivity contribution < 1.29 is 4.74 Å². The fraction of sp³-hybridized carbons (Fsp3) is 0.182. The first kappa shape index (κ1) is 12.5. The summed E-state index contributed by atoms with van der Waals surface area (Å²) in [6.07, 6.45) is 3.45. The molecule has 2 rings (SSSR count). The predicted molar refractivity (Wildman–Crippen MR) is 72.0 cm³/mol. The van der Waals surface area contributed by atoms with Crippen molar-refractivity contribution >= 4 is 27.3 Å². The molecule has 4 nitrogen and oxygen atoms in total. The summed E-state index contributed by atoms with van der Waals surface area (Å²) in [5.41, 5.74) is 3.77. The molecule has 0 radical (unpaired) electrons. The Hall–Kier alpha value is -0.950. The van der Waals surface area contributed by atoms with Crippen LogP contribution in [0.1, 0.15) is 16.5 Å². The Balaban J connectivity index is 2.34. The maximum Gasteiger partial charge on any atom is 0.137 e. The minimum absolute atomic E-state index is 0.0751. The van der Waals surface area contributed by atoms with Crippen molar-refractivity contribution in [2.75, 3.05) is 7.11 Å². The first-order chi connectivity index (χ1) is 8.24. The number of methoxy groups -OCH3 is 1. The largest absolute Gasteiger partial charge is 0.495 e. The van der Waals surface area contributed by atoms with Gasteiger partial charge in [-0.25, -0.2) is 5.43 Å². The van der Waals surface area contributed by atoms with Gasteiger partial charge in [-0.15, -0.1) is 11.3 Å². The highest BCUT2D eigenvalue weighted by molar-refractivity contribution is 9.11. The highest BCUT2D eigenvalue weighted by Gasteiger charge is 2.15. The van der Waals surface area contributed by atoms with E-state index in [4.69, 9.17) is 10.6 Å². The Bertz CT molecular complexity index is 503. The lowest BCUT2D eigenvalue weighted by Crippen LogP contribution is -2.28. The molecule has 0 saturated carbocycles. The van der Waals surface area contributed by atoms with E-state index in [0.717, 1.165) is 20.0 Å². The predicted octanol–water partition coefficient (Wildman–Crippen LogP) is 2.47. The molecule has 0 fully saturated rings. The van der Waals surface area contributed by atoms with Crippen molar-refractivity contribution in [2.24, 2.45) is 5.84 Å². The van der Waals surface area contributed by atoms with E-state index in [-0.39, 0.29) is 6.04 Å². The van der Waals surface area contributed by atoms with Crippen LogP contribution >= 0.6 is 27.3 Å². The van der Waals surface area contributed by atoms with E-state index < -0.39 is 0 Å². The number of nitrogens with one attached hydrogen (secondary N) is 1. The van der Waals surface area contributed by atoms with Crippen LogP contribution in [-0.4, -0.2) is 12.1 Å². The molecule has 1 atom stereocenters. The van der Waals surface area contributed by atoms with E-state index in [9.17, 15) is 0 Å². The van der Waals surface area contributed by atoms with Gasteiger partial charge >= 0.3 is 0 Å². The fourth-order valence-electron chi connectivity index (χ4n) is 1.53. The quantitative estimate of drug-likeness (QED) is 0.672. The maximum absolute atomic E-state index is 5.61. The molecular weight excluding hydrogens is 302 g/mol. The van der Waals surface area contributed by atoms with Gasteiger partial charge in [-0.3, -0.25) is 10.8 Å². The van der Waals surface area contributed by atoms with Crippen molar-refractivity contribution in [3.05, 3.63) is 44.8 Å². The molecular formula is C11H12BrN3OS. The Kier molecular flexibility index (Phi) is 4.11. The van der Waals surface area contributed by atoms with E-state index in [0.29, 0.717) is 0 Å². The second-order valence-electron chi connectivity index (χ2n) is 3.40. The molecule has 90 valence electrons. The smallest absolute Gasteiger partial charge is 0.137 e. The standard InChI is InChI=1S/C11H12BrN3OS/c1-16-8-4-7(5-14-6-8)11(15-13)9-2-3-10(12)17-9/h2-6,11,15H,13H2,1H3. The van der Waals surface area contributed by atoms with Crippen LogP contribution in [0.15, 0.2) is 34.4 Å². The number of hydrogen-bond donors (Lipinski definition) is 2. The normalized spacial score (nSPS) is 12.4. The number of nitrogens with zero attached hydrogens (tertiary/aromatic N) is 1. The zero-order valence-corrected chi connectivity index (χ0v) is 11.6. The van der Waals surface area contributed by atoms with E-state index in [1.807, 2.05) is 18.2 Å². The Morgan fingerprint density at radius 3 is 2.88 bits per heavy atom. The minimum Gasteiger partial charge on any atom is -0.495 e. The monoisotopic (exact) mass is 313 g/mol. The first-order valence-electron chi connectivity index (χ1n) is 4.95. The van der Waals surface area contributed by atoms with Crippen molar-refractivity contribution in [1.82, 2.24) is 10.4 Å². The number of rotatable bonds is 4. The molecule has 2 heterocycles. The van der Waals surface area contributed by atoms with Gasteiger partial charge in [0, 0.05) is 11.1 Å². The summed E-state index contributed by atoms with van der Waals surface area (Å²) in [6.45, 7) is 0. The lowest BCUT2D eigenvalue weighted by Gasteiger charge is -2.14. The highest BCUT2D eigenvalue weighted by atomic mass is 79.9. The summed E-state index contributed by atoms with van der Waals surface area (Å²) in [7, 11) is 1.62. The van der Waals surface area contributed by atoms with Crippen LogP contribution in [0, 0.1) is 0 Å². The number of ether oxygens (including phenoxy) is 1. The molecule has 0 aliphatic carbocycles.